The molecule has 2 aliphatic rings. The number of nitrogens with zero attached hydrogens (tertiary/aromatic N) is 2. The number of likely N-dealkylation sites (tertiary alicyclic amines) is 1. The highest BCUT2D eigenvalue weighted by Crippen LogP contribution is 2.30. The fourth-order valence-corrected chi connectivity index (χ4v) is 6.35. The highest BCUT2D eigenvalue weighted by molar-refractivity contribution is 7.92. The van der Waals surface area contributed by atoms with Gasteiger partial charge in [-0.2, -0.15) is 13.2 Å². The quantitative estimate of drug-likeness (QED) is 0.425. The third-order valence-electron chi connectivity index (χ3n) is 6.80. The van der Waals surface area contributed by atoms with E-state index in [2.05, 4.69) is 14.5 Å². The summed E-state index contributed by atoms with van der Waals surface area (Å²) in [6.07, 6.45) is -0.375. The number of aliphatic carboxylic acids is 1. The van der Waals surface area contributed by atoms with Gasteiger partial charge in [0.1, 0.15) is 0 Å². The zero-order chi connectivity index (χ0) is 29.7. The van der Waals surface area contributed by atoms with Crippen molar-refractivity contribution in [2.75, 3.05) is 42.3 Å². The number of hydrogen-bond donors (Lipinski definition) is 3. The molecule has 0 spiro atoms. The van der Waals surface area contributed by atoms with Crippen LogP contribution in [0.4, 0.5) is 24.5 Å². The summed E-state index contributed by atoms with van der Waals surface area (Å²) in [6.45, 7) is 8.71. The summed E-state index contributed by atoms with van der Waals surface area (Å²) in [5, 5.41) is 17.0. The molecule has 2 aromatic rings. The first kappa shape index (κ1) is 31.2. The van der Waals surface area contributed by atoms with Crippen LogP contribution in [0.1, 0.15) is 47.2 Å². The predicted molar refractivity (Wildman–Crippen MR) is 144 cm³/mol. The molecule has 4 rings (SSSR count). The van der Waals surface area contributed by atoms with E-state index < -0.39 is 28.1 Å². The molecule has 220 valence electrons. The molecule has 0 aromatic heterocycles. The van der Waals surface area contributed by atoms with Crippen molar-refractivity contribution >= 4 is 33.3 Å². The van der Waals surface area contributed by atoms with E-state index >= 15 is 0 Å². The van der Waals surface area contributed by atoms with Gasteiger partial charge in [-0.25, -0.2) is 18.0 Å². The Labute approximate surface area is 231 Å². The number of rotatable bonds is 7. The lowest BCUT2D eigenvalue weighted by atomic mass is 9.96. The van der Waals surface area contributed by atoms with Gasteiger partial charge in [0.15, 0.2) is 0 Å². The normalized spacial score (nSPS) is 18.1. The van der Waals surface area contributed by atoms with Crippen molar-refractivity contribution in [2.24, 2.45) is 5.92 Å². The molecular formula is C27H34F3N3O6S. The first-order valence-corrected chi connectivity index (χ1v) is 14.4. The standard InChI is InChI=1S/C25H33N3O4S.C2HF3O2/c1-18-12-19(2)14-22(13-18)33(31,32)26-21-7-8-24(23(15-21)25(29)30)28-11-5-6-20(17-28)16-27-9-3-4-10-27;3-2(4,5)1(6)7/h7-8,12-15,20,26H,3-6,9-11,16-17H2,1-2H3,(H,29,30);(H,6,7). The summed E-state index contributed by atoms with van der Waals surface area (Å²) >= 11 is 0. The number of piperidine rings is 1. The zero-order valence-corrected chi connectivity index (χ0v) is 23.2. The molecule has 0 saturated carbocycles. The van der Waals surface area contributed by atoms with Gasteiger partial charge in [-0.1, -0.05) is 6.07 Å². The molecule has 2 heterocycles. The van der Waals surface area contributed by atoms with Crippen molar-refractivity contribution in [1.29, 1.82) is 0 Å². The van der Waals surface area contributed by atoms with Crippen LogP contribution in [0.25, 0.3) is 0 Å². The van der Waals surface area contributed by atoms with E-state index in [-0.39, 0.29) is 16.1 Å². The summed E-state index contributed by atoms with van der Waals surface area (Å²) in [6, 6.07) is 9.95. The average Bonchev–Trinajstić information content (AvgIpc) is 3.36. The second-order valence-corrected chi connectivity index (χ2v) is 11.9. The van der Waals surface area contributed by atoms with Gasteiger partial charge in [0.25, 0.3) is 10.0 Å². The molecule has 13 heteroatoms. The Hall–Kier alpha value is -3.32. The van der Waals surface area contributed by atoms with Gasteiger partial charge in [-0.05, 0) is 100.0 Å². The first-order valence-electron chi connectivity index (χ1n) is 12.9. The minimum atomic E-state index is -5.08. The van der Waals surface area contributed by atoms with E-state index in [4.69, 9.17) is 9.90 Å². The molecular weight excluding hydrogens is 551 g/mol. The van der Waals surface area contributed by atoms with Crippen LogP contribution in [0, 0.1) is 19.8 Å². The van der Waals surface area contributed by atoms with Crippen LogP contribution in [0.15, 0.2) is 41.3 Å². The fourth-order valence-electron chi connectivity index (χ4n) is 5.11. The molecule has 3 N–H and O–H groups in total. The summed E-state index contributed by atoms with van der Waals surface area (Å²) in [5.41, 5.74) is 2.73. The number of sulfonamides is 1. The second kappa shape index (κ2) is 12.9. The highest BCUT2D eigenvalue weighted by Gasteiger charge is 2.38. The third kappa shape index (κ3) is 8.59. The summed E-state index contributed by atoms with van der Waals surface area (Å²) in [5.74, 6) is -3.30. The Bertz CT molecular complexity index is 1310. The number of benzene rings is 2. The van der Waals surface area contributed by atoms with Crippen LogP contribution < -0.4 is 9.62 Å². The van der Waals surface area contributed by atoms with E-state index in [1.807, 2.05) is 19.9 Å². The summed E-state index contributed by atoms with van der Waals surface area (Å²) < 4.78 is 60.1. The van der Waals surface area contributed by atoms with Gasteiger partial charge in [0.05, 0.1) is 16.1 Å². The highest BCUT2D eigenvalue weighted by atomic mass is 32.2. The monoisotopic (exact) mass is 585 g/mol. The van der Waals surface area contributed by atoms with E-state index in [0.717, 1.165) is 56.7 Å². The predicted octanol–water partition coefficient (Wildman–Crippen LogP) is 4.75. The van der Waals surface area contributed by atoms with Crippen molar-refractivity contribution < 1.29 is 41.4 Å². The number of aryl methyl sites for hydroxylation is 2. The minimum absolute atomic E-state index is 0.123. The SMILES string of the molecule is Cc1cc(C)cc(S(=O)(=O)Nc2ccc(N3CCCC(CN4CCCC4)C3)c(C(=O)O)c2)c1.O=C(O)C(F)(F)F. The summed E-state index contributed by atoms with van der Waals surface area (Å²) in [4.78, 5) is 25.8. The number of nitrogens with one attached hydrogen (secondary N) is 1. The third-order valence-corrected chi connectivity index (χ3v) is 8.16. The molecule has 2 fully saturated rings. The molecule has 9 nitrogen and oxygen atoms in total. The number of hydrogen-bond acceptors (Lipinski definition) is 6. The number of carboxylic acids is 2. The second-order valence-electron chi connectivity index (χ2n) is 10.2. The van der Waals surface area contributed by atoms with Gasteiger partial charge in [-0.15, -0.1) is 0 Å². The van der Waals surface area contributed by atoms with Gasteiger partial charge in [0, 0.05) is 25.3 Å². The Kier molecular flexibility index (Phi) is 10.1. The topological polar surface area (TPSA) is 127 Å². The number of alkyl halides is 3. The molecule has 40 heavy (non-hydrogen) atoms. The van der Waals surface area contributed by atoms with Gasteiger partial charge < -0.3 is 20.0 Å². The zero-order valence-electron chi connectivity index (χ0n) is 22.4. The van der Waals surface area contributed by atoms with Crippen molar-refractivity contribution in [3.05, 3.63) is 53.1 Å². The number of carboxylic acid groups (broad SMARTS) is 2. The van der Waals surface area contributed by atoms with Crippen molar-refractivity contribution in [2.45, 2.75) is 50.6 Å². The molecule has 2 aromatic carbocycles. The smallest absolute Gasteiger partial charge is 0.478 e. The molecule has 1 atom stereocenters. The lowest BCUT2D eigenvalue weighted by Gasteiger charge is -2.36. The van der Waals surface area contributed by atoms with Crippen LogP contribution in [0.5, 0.6) is 0 Å². The Morgan fingerprint density at radius 1 is 0.975 bits per heavy atom. The number of carbonyl (C=O) groups is 2. The minimum Gasteiger partial charge on any atom is -0.478 e. The van der Waals surface area contributed by atoms with Crippen molar-refractivity contribution in [1.82, 2.24) is 4.90 Å². The molecule has 1 unspecified atom stereocenters. The van der Waals surface area contributed by atoms with E-state index in [9.17, 15) is 31.5 Å². The fraction of sp³-hybridized carbons (Fsp3) is 0.481. The Balaban J connectivity index is 0.000000559. The number of aromatic carboxylic acids is 1. The molecule has 2 saturated heterocycles. The van der Waals surface area contributed by atoms with Gasteiger partial charge in [-0.3, -0.25) is 4.72 Å². The van der Waals surface area contributed by atoms with E-state index in [0.29, 0.717) is 11.6 Å². The van der Waals surface area contributed by atoms with Crippen LogP contribution >= 0.6 is 0 Å². The maximum atomic E-state index is 12.9. The van der Waals surface area contributed by atoms with Crippen LogP contribution in [-0.4, -0.2) is 74.4 Å². The average molecular weight is 586 g/mol. The molecule has 0 aliphatic carbocycles. The first-order chi connectivity index (χ1) is 18.7. The van der Waals surface area contributed by atoms with Crippen LogP contribution in [0.3, 0.4) is 0 Å². The Morgan fingerprint density at radius 3 is 2.12 bits per heavy atom. The van der Waals surface area contributed by atoms with Crippen LogP contribution in [-0.2, 0) is 14.8 Å². The van der Waals surface area contributed by atoms with E-state index in [1.54, 1.807) is 24.3 Å². The number of anilines is 2. The van der Waals surface area contributed by atoms with Crippen molar-refractivity contribution in [3.8, 4) is 0 Å². The van der Waals surface area contributed by atoms with E-state index in [1.165, 1.54) is 18.9 Å². The summed E-state index contributed by atoms with van der Waals surface area (Å²) in [7, 11) is -3.82. The molecule has 0 bridgehead atoms. The van der Waals surface area contributed by atoms with Crippen molar-refractivity contribution in [3.63, 3.8) is 0 Å². The lowest BCUT2D eigenvalue weighted by Crippen LogP contribution is -2.41. The maximum absolute atomic E-state index is 12.9. The largest absolute Gasteiger partial charge is 0.490 e. The number of halogens is 3. The molecule has 0 amide bonds. The lowest BCUT2D eigenvalue weighted by molar-refractivity contribution is -0.192. The van der Waals surface area contributed by atoms with Crippen LogP contribution in [0.2, 0.25) is 0 Å². The Morgan fingerprint density at radius 2 is 1.57 bits per heavy atom. The molecule has 0 radical (unpaired) electrons. The maximum Gasteiger partial charge on any atom is 0.490 e. The molecule has 2 aliphatic heterocycles. The van der Waals surface area contributed by atoms with Gasteiger partial charge >= 0.3 is 18.1 Å². The van der Waals surface area contributed by atoms with Gasteiger partial charge in [0.2, 0.25) is 0 Å².